The molecule has 2 N–H and O–H groups in total. The number of hydrazine groups is 1. The van der Waals surface area contributed by atoms with E-state index in [9.17, 15) is 19.5 Å². The zero-order valence-electron chi connectivity index (χ0n) is 29.7. The zero-order valence-corrected chi connectivity index (χ0v) is 31.2. The molecule has 0 aromatic heterocycles. The first-order valence-electron chi connectivity index (χ1n) is 17.8. The highest BCUT2D eigenvalue weighted by Gasteiger charge is 2.71. The summed E-state index contributed by atoms with van der Waals surface area (Å²) in [5.41, 5.74) is 4.65. The molecule has 12 heteroatoms. The molecule has 4 aromatic rings. The fourth-order valence-electron chi connectivity index (χ4n) is 9.29. The number of hydrogen-bond donors (Lipinski definition) is 2. The molecule has 54 heavy (non-hydrogen) atoms. The minimum atomic E-state index is -1.65. The van der Waals surface area contributed by atoms with Gasteiger partial charge in [0.1, 0.15) is 17.2 Å². The molecule has 0 radical (unpaired) electrons. The largest absolute Gasteiger partial charge is 0.508 e. The number of hydrogen-bond acceptors (Lipinski definition) is 8. The Morgan fingerprint density at radius 2 is 1.61 bits per heavy atom. The Morgan fingerprint density at radius 1 is 0.870 bits per heavy atom. The predicted molar refractivity (Wildman–Crippen MR) is 204 cm³/mol. The maximum atomic E-state index is 15.5. The third-order valence-corrected chi connectivity index (χ3v) is 12.3. The van der Waals surface area contributed by atoms with Gasteiger partial charge >= 0.3 is 0 Å². The summed E-state index contributed by atoms with van der Waals surface area (Å²) in [6, 6.07) is 23.9. The highest BCUT2D eigenvalue weighted by molar-refractivity contribution is 6.36. The number of aromatic hydroxyl groups is 1. The second kappa shape index (κ2) is 13.5. The molecule has 2 aliphatic carbocycles. The van der Waals surface area contributed by atoms with Gasteiger partial charge in [0.05, 0.1) is 53.8 Å². The van der Waals surface area contributed by atoms with Crippen molar-refractivity contribution in [3.05, 3.63) is 123 Å². The lowest BCUT2D eigenvalue weighted by molar-refractivity contribution is -0.138. The molecule has 0 spiro atoms. The van der Waals surface area contributed by atoms with Gasteiger partial charge in [0.25, 0.3) is 11.8 Å². The van der Waals surface area contributed by atoms with Crippen molar-refractivity contribution < 1.29 is 33.8 Å². The van der Waals surface area contributed by atoms with Crippen molar-refractivity contribution in [1.29, 1.82) is 0 Å². The van der Waals surface area contributed by atoms with Crippen LogP contribution in [-0.2, 0) is 31.0 Å². The number of carbonyl (C=O) groups excluding carboxylic acids is 4. The van der Waals surface area contributed by atoms with Crippen molar-refractivity contribution in [2.45, 2.75) is 37.5 Å². The number of ether oxygens (including phenoxy) is 2. The molecule has 10 nitrogen and oxygen atoms in total. The van der Waals surface area contributed by atoms with Gasteiger partial charge in [-0.25, -0.2) is 0 Å². The number of aryl methyl sites for hydroxylation is 1. The highest BCUT2D eigenvalue weighted by atomic mass is 35.5. The number of methoxy groups -OCH3 is 2. The van der Waals surface area contributed by atoms with Crippen molar-refractivity contribution >= 4 is 58.2 Å². The first kappa shape index (κ1) is 35.7. The first-order valence-corrected chi connectivity index (χ1v) is 18.6. The van der Waals surface area contributed by atoms with E-state index >= 15 is 4.79 Å². The van der Waals surface area contributed by atoms with E-state index in [1.807, 2.05) is 25.1 Å². The number of halogens is 2. The molecule has 2 aliphatic heterocycles. The van der Waals surface area contributed by atoms with Crippen molar-refractivity contribution in [3.63, 3.8) is 0 Å². The number of phenolic OH excluding ortho intramolecular Hbond substituents is 1. The van der Waals surface area contributed by atoms with Gasteiger partial charge in [0, 0.05) is 16.5 Å². The van der Waals surface area contributed by atoms with Crippen LogP contribution in [0.15, 0.2) is 96.6 Å². The van der Waals surface area contributed by atoms with Crippen LogP contribution in [0, 0.1) is 23.7 Å². The second-order valence-corrected chi connectivity index (χ2v) is 15.0. The zero-order chi connectivity index (χ0) is 38.1. The van der Waals surface area contributed by atoms with Gasteiger partial charge in [-0.15, -0.1) is 0 Å². The Labute approximate surface area is 322 Å². The van der Waals surface area contributed by atoms with Gasteiger partial charge in [-0.1, -0.05) is 72.1 Å². The van der Waals surface area contributed by atoms with Gasteiger partial charge < -0.3 is 14.6 Å². The van der Waals surface area contributed by atoms with Crippen LogP contribution < -0.4 is 19.8 Å². The molecule has 4 aliphatic rings. The fourth-order valence-corrected chi connectivity index (χ4v) is 9.74. The summed E-state index contributed by atoms with van der Waals surface area (Å²) >= 11 is 12.7. The first-order chi connectivity index (χ1) is 26.0. The number of nitrogens with one attached hydrogen (secondary N) is 1. The molecule has 4 amide bonds. The van der Waals surface area contributed by atoms with E-state index in [1.165, 1.54) is 31.3 Å². The quantitative estimate of drug-likeness (QED) is 0.140. The molecular weight excluding hydrogens is 729 g/mol. The summed E-state index contributed by atoms with van der Waals surface area (Å²) in [5.74, 6) is -5.29. The van der Waals surface area contributed by atoms with Crippen LogP contribution in [0.4, 0.5) is 11.4 Å². The number of fused-ring (bicyclic) bond motifs is 4. The molecule has 6 atom stereocenters. The Morgan fingerprint density at radius 3 is 2.28 bits per heavy atom. The van der Waals surface area contributed by atoms with Gasteiger partial charge in [-0.05, 0) is 90.9 Å². The Hall–Kier alpha value is -5.32. The van der Waals surface area contributed by atoms with Crippen molar-refractivity contribution in [2.24, 2.45) is 23.7 Å². The van der Waals surface area contributed by atoms with E-state index in [-0.39, 0.29) is 41.1 Å². The normalized spacial score (nSPS) is 25.9. The molecule has 1 saturated carbocycles. The van der Waals surface area contributed by atoms with E-state index < -0.39 is 46.8 Å². The van der Waals surface area contributed by atoms with Crippen LogP contribution in [0.5, 0.6) is 17.2 Å². The summed E-state index contributed by atoms with van der Waals surface area (Å²) in [4.78, 5) is 60.5. The smallest absolute Gasteiger partial charge is 0.260 e. The number of benzene rings is 4. The van der Waals surface area contributed by atoms with Crippen LogP contribution in [0.1, 0.15) is 42.4 Å². The number of nitrogens with zero attached hydrogens (tertiary/aromatic N) is 2. The van der Waals surface area contributed by atoms with E-state index in [0.29, 0.717) is 38.9 Å². The number of imide groups is 2. The van der Waals surface area contributed by atoms with Gasteiger partial charge in [0.2, 0.25) is 11.8 Å². The average Bonchev–Trinajstić information content (AvgIpc) is 3.56. The lowest BCUT2D eigenvalue weighted by Crippen LogP contribution is -2.53. The molecule has 276 valence electrons. The summed E-state index contributed by atoms with van der Waals surface area (Å²) in [6.07, 6.45) is 3.04. The Balaban J connectivity index is 1.34. The van der Waals surface area contributed by atoms with Crippen LogP contribution >= 0.6 is 23.2 Å². The number of rotatable bonds is 8. The summed E-state index contributed by atoms with van der Waals surface area (Å²) in [7, 11) is 3.01. The molecular formula is C42H37Cl2N3O7. The molecule has 4 aromatic carbocycles. The van der Waals surface area contributed by atoms with E-state index in [1.54, 1.807) is 60.7 Å². The fraction of sp³-hybridized carbons (Fsp3) is 0.286. The monoisotopic (exact) mass is 765 g/mol. The topological polar surface area (TPSA) is 125 Å². The van der Waals surface area contributed by atoms with Crippen LogP contribution in [0.25, 0.3) is 0 Å². The summed E-state index contributed by atoms with van der Waals surface area (Å²) in [6.45, 7) is 2.03. The molecule has 2 saturated heterocycles. The molecule has 3 fully saturated rings. The highest BCUT2D eigenvalue weighted by Crippen LogP contribution is 2.66. The summed E-state index contributed by atoms with van der Waals surface area (Å²) in [5, 5.41) is 13.3. The van der Waals surface area contributed by atoms with Crippen molar-refractivity contribution in [1.82, 2.24) is 5.01 Å². The number of amides is 4. The predicted octanol–water partition coefficient (Wildman–Crippen LogP) is 7.47. The standard InChI is InChI=1S/C42H37Cl2N3O7/c1-4-22-8-13-25(14-9-22)46-38(49)28-18-17-27-29(35(28)40(46)51)21-30-39(50)47(45-32-19-12-24(43)20-31(32)44)41(52)42(30,23-10-15-26(53-2)16-11-23)37(27)36-33(48)6-5-7-34(36)54-3/h5-17,19-20,28-30,35,37,45,48H,4,18,21H2,1-3H3. The van der Waals surface area contributed by atoms with Crippen LogP contribution in [0.3, 0.4) is 0 Å². The van der Waals surface area contributed by atoms with Crippen molar-refractivity contribution in [3.8, 4) is 17.2 Å². The summed E-state index contributed by atoms with van der Waals surface area (Å²) < 4.78 is 11.3. The van der Waals surface area contributed by atoms with E-state index in [0.717, 1.165) is 17.0 Å². The number of anilines is 2. The maximum Gasteiger partial charge on any atom is 0.260 e. The number of allylic oxidation sites excluding steroid dienone is 2. The minimum absolute atomic E-state index is 0.0736. The van der Waals surface area contributed by atoms with Gasteiger partial charge in [-0.3, -0.25) is 29.5 Å². The van der Waals surface area contributed by atoms with E-state index in [4.69, 9.17) is 32.7 Å². The lowest BCUT2D eigenvalue weighted by atomic mass is 9.49. The number of phenols is 1. The third-order valence-electron chi connectivity index (χ3n) is 11.7. The molecule has 0 bridgehead atoms. The van der Waals surface area contributed by atoms with Gasteiger partial charge in [-0.2, -0.15) is 5.01 Å². The van der Waals surface area contributed by atoms with E-state index in [2.05, 4.69) is 5.43 Å². The average molecular weight is 767 g/mol. The van der Waals surface area contributed by atoms with Crippen LogP contribution in [0.2, 0.25) is 10.0 Å². The molecule has 8 rings (SSSR count). The SMILES string of the molecule is CCc1ccc(N2C(=O)C3CC=C4C(CC5C(=O)N(Nc6ccc(Cl)cc6Cl)C(=O)C5(c5ccc(OC)cc5)C4c4c(O)cccc4OC)C3C2=O)cc1. The van der Waals surface area contributed by atoms with Gasteiger partial charge in [0.15, 0.2) is 0 Å². The third kappa shape index (κ3) is 5.21. The Kier molecular flexibility index (Phi) is 8.93. The molecule has 6 unspecified atom stereocenters. The maximum absolute atomic E-state index is 15.5. The Bertz CT molecular complexity index is 2240. The minimum Gasteiger partial charge on any atom is -0.508 e. The van der Waals surface area contributed by atoms with Crippen molar-refractivity contribution in [2.75, 3.05) is 24.5 Å². The second-order valence-electron chi connectivity index (χ2n) is 14.1. The molecule has 2 heterocycles. The van der Waals surface area contributed by atoms with Crippen LogP contribution in [-0.4, -0.2) is 48.0 Å². The lowest BCUT2D eigenvalue weighted by Gasteiger charge is -2.50. The number of carbonyl (C=O) groups is 4.